The van der Waals surface area contributed by atoms with E-state index >= 15 is 0 Å². The van der Waals surface area contributed by atoms with Gasteiger partial charge in [0.25, 0.3) is 0 Å². The number of aromatic amines is 1. The van der Waals surface area contributed by atoms with Gasteiger partial charge < -0.3 is 21.8 Å². The second kappa shape index (κ2) is 8.71. The Morgan fingerprint density at radius 2 is 1.97 bits per heavy atom. The van der Waals surface area contributed by atoms with Gasteiger partial charge in [0, 0.05) is 41.8 Å². The molecule has 160 valence electrons. The van der Waals surface area contributed by atoms with Crippen LogP contribution in [0.4, 0.5) is 0 Å². The van der Waals surface area contributed by atoms with Gasteiger partial charge in [0.1, 0.15) is 5.65 Å². The van der Waals surface area contributed by atoms with Crippen LogP contribution in [0.25, 0.3) is 16.7 Å². The molecule has 0 radical (unpaired) electrons. The van der Waals surface area contributed by atoms with Gasteiger partial charge in [0.15, 0.2) is 5.96 Å². The Balaban J connectivity index is 1.71. The molecule has 8 nitrogen and oxygen atoms in total. The van der Waals surface area contributed by atoms with Crippen molar-refractivity contribution in [2.75, 3.05) is 6.54 Å². The van der Waals surface area contributed by atoms with Crippen molar-refractivity contribution in [3.63, 3.8) is 0 Å². The minimum atomic E-state index is -0.302. The molecule has 2 heterocycles. The molecule has 0 spiro atoms. The minimum absolute atomic E-state index is 0.0381. The highest BCUT2D eigenvalue weighted by atomic mass is 16.1. The number of guanidine groups is 1. The number of H-pyrrole nitrogens is 1. The maximum absolute atomic E-state index is 12.5. The highest BCUT2D eigenvalue weighted by Gasteiger charge is 2.17. The van der Waals surface area contributed by atoms with Gasteiger partial charge >= 0.3 is 5.69 Å². The topological polar surface area (TPSA) is 127 Å². The Hall–Kier alpha value is -3.13. The minimum Gasteiger partial charge on any atom is -0.370 e. The first kappa shape index (κ1) is 21.6. The van der Waals surface area contributed by atoms with Gasteiger partial charge in [-0.3, -0.25) is 9.56 Å². The summed E-state index contributed by atoms with van der Waals surface area (Å²) in [5.74, 6) is 0.120. The largest absolute Gasteiger partial charge is 0.370 e. The van der Waals surface area contributed by atoms with Crippen LogP contribution in [0.15, 0.2) is 46.3 Å². The summed E-state index contributed by atoms with van der Waals surface area (Å²) in [5, 5.41) is 4.36. The fraction of sp³-hybridized carbons (Fsp3) is 0.409. The zero-order valence-electron chi connectivity index (χ0n) is 18.1. The van der Waals surface area contributed by atoms with Crippen LogP contribution in [0, 0.1) is 0 Å². The number of fused-ring (bicyclic) bond motifs is 1. The van der Waals surface area contributed by atoms with Crippen molar-refractivity contribution in [1.29, 1.82) is 0 Å². The summed E-state index contributed by atoms with van der Waals surface area (Å²) in [6.45, 7) is 9.79. The second-order valence-corrected chi connectivity index (χ2v) is 8.67. The van der Waals surface area contributed by atoms with E-state index in [1.165, 1.54) is 0 Å². The van der Waals surface area contributed by atoms with Gasteiger partial charge in [0.05, 0.1) is 5.69 Å². The summed E-state index contributed by atoms with van der Waals surface area (Å²) in [7, 11) is 0. The first-order valence-electron chi connectivity index (χ1n) is 10.1. The zero-order chi connectivity index (χ0) is 21.9. The first-order valence-corrected chi connectivity index (χ1v) is 10.1. The summed E-state index contributed by atoms with van der Waals surface area (Å²) >= 11 is 0. The highest BCUT2D eigenvalue weighted by Crippen LogP contribution is 2.24. The number of benzene rings is 1. The van der Waals surface area contributed by atoms with E-state index < -0.39 is 0 Å². The van der Waals surface area contributed by atoms with Crippen molar-refractivity contribution >= 4 is 17.0 Å². The lowest BCUT2D eigenvalue weighted by atomic mass is 9.92. The molecule has 0 amide bonds. The van der Waals surface area contributed by atoms with Gasteiger partial charge in [-0.15, -0.1) is 0 Å². The van der Waals surface area contributed by atoms with Gasteiger partial charge in [0.2, 0.25) is 0 Å². The van der Waals surface area contributed by atoms with Crippen molar-refractivity contribution < 1.29 is 0 Å². The highest BCUT2D eigenvalue weighted by molar-refractivity contribution is 5.76. The molecule has 1 aromatic carbocycles. The predicted octanol–water partition coefficient (Wildman–Crippen LogP) is 2.15. The van der Waals surface area contributed by atoms with E-state index in [2.05, 4.69) is 54.0 Å². The molecule has 1 atom stereocenters. The Morgan fingerprint density at radius 3 is 2.60 bits per heavy atom. The molecular formula is C22H31N7O. The van der Waals surface area contributed by atoms with E-state index in [0.717, 1.165) is 35.3 Å². The molecule has 0 saturated carbocycles. The number of aromatic nitrogens is 3. The third-order valence-electron chi connectivity index (χ3n) is 5.04. The molecule has 0 bridgehead atoms. The SMILES string of the molecule is C[C@H](CCN=C(N)N)NCc1ccc(-n2cc3cc(C(C)(C)C)[nH]c3nc2=O)cc1. The van der Waals surface area contributed by atoms with E-state index in [1.807, 2.05) is 30.5 Å². The molecule has 30 heavy (non-hydrogen) atoms. The van der Waals surface area contributed by atoms with Gasteiger partial charge in [-0.2, -0.15) is 4.98 Å². The van der Waals surface area contributed by atoms with Crippen LogP contribution in [-0.4, -0.2) is 33.1 Å². The number of nitrogens with two attached hydrogens (primary N) is 2. The first-order chi connectivity index (χ1) is 14.1. The molecule has 3 rings (SSSR count). The van der Waals surface area contributed by atoms with Gasteiger partial charge in [-0.1, -0.05) is 32.9 Å². The van der Waals surface area contributed by atoms with Crippen LogP contribution in [0.3, 0.4) is 0 Å². The van der Waals surface area contributed by atoms with Crippen LogP contribution in [-0.2, 0) is 12.0 Å². The lowest BCUT2D eigenvalue weighted by Gasteiger charge is -2.15. The fourth-order valence-electron chi connectivity index (χ4n) is 3.14. The summed E-state index contributed by atoms with van der Waals surface area (Å²) in [4.78, 5) is 24.0. The lowest BCUT2D eigenvalue weighted by Crippen LogP contribution is -2.27. The van der Waals surface area contributed by atoms with Crippen LogP contribution >= 0.6 is 0 Å². The van der Waals surface area contributed by atoms with E-state index in [0.29, 0.717) is 12.2 Å². The van der Waals surface area contributed by atoms with E-state index in [4.69, 9.17) is 11.5 Å². The van der Waals surface area contributed by atoms with Crippen LogP contribution in [0.5, 0.6) is 0 Å². The Kier molecular flexibility index (Phi) is 6.26. The molecule has 0 aliphatic rings. The van der Waals surface area contributed by atoms with Crippen molar-refractivity contribution in [2.45, 2.75) is 52.1 Å². The number of hydrogen-bond acceptors (Lipinski definition) is 4. The van der Waals surface area contributed by atoms with Crippen LogP contribution in [0.1, 0.15) is 45.4 Å². The standard InChI is InChI=1S/C22H31N7O/c1-14(9-10-25-20(23)24)26-12-15-5-7-17(8-6-15)29-13-16-11-18(22(2,3)4)27-19(16)28-21(29)30/h5-8,11,13-14,26H,9-10,12H2,1-4H3,(H4,23,24,25)(H,27,28,30)/t14-/m1/s1. The maximum Gasteiger partial charge on any atom is 0.354 e. The lowest BCUT2D eigenvalue weighted by molar-refractivity contribution is 0.520. The van der Waals surface area contributed by atoms with Crippen molar-refractivity contribution in [2.24, 2.45) is 16.5 Å². The summed E-state index contributed by atoms with van der Waals surface area (Å²) in [5.41, 5.74) is 13.9. The quantitative estimate of drug-likeness (QED) is 0.351. The third kappa shape index (κ3) is 5.27. The zero-order valence-corrected chi connectivity index (χ0v) is 18.1. The van der Waals surface area contributed by atoms with Crippen LogP contribution < -0.4 is 22.5 Å². The number of hydrogen-bond donors (Lipinski definition) is 4. The van der Waals surface area contributed by atoms with Crippen molar-refractivity contribution in [3.05, 3.63) is 58.3 Å². The monoisotopic (exact) mass is 409 g/mol. The van der Waals surface area contributed by atoms with Crippen LogP contribution in [0.2, 0.25) is 0 Å². The molecule has 0 aliphatic heterocycles. The van der Waals surface area contributed by atoms with E-state index in [9.17, 15) is 4.79 Å². The molecule has 8 heteroatoms. The van der Waals surface area contributed by atoms with Crippen molar-refractivity contribution in [3.8, 4) is 5.69 Å². The normalized spacial score (nSPS) is 12.8. The maximum atomic E-state index is 12.5. The summed E-state index contributed by atoms with van der Waals surface area (Å²) in [6.07, 6.45) is 2.69. The van der Waals surface area contributed by atoms with Gasteiger partial charge in [-0.05, 0) is 37.1 Å². The third-order valence-corrected chi connectivity index (χ3v) is 5.04. The molecule has 2 aromatic heterocycles. The summed E-state index contributed by atoms with van der Waals surface area (Å²) in [6, 6.07) is 10.2. The average molecular weight is 410 g/mol. The number of rotatable bonds is 7. The Morgan fingerprint density at radius 1 is 1.27 bits per heavy atom. The van der Waals surface area contributed by atoms with E-state index in [-0.39, 0.29) is 23.1 Å². The average Bonchev–Trinajstić information content (AvgIpc) is 3.09. The Labute approximate surface area is 176 Å². The fourth-order valence-corrected chi connectivity index (χ4v) is 3.14. The molecular weight excluding hydrogens is 378 g/mol. The molecule has 6 N–H and O–H groups in total. The number of aliphatic imine (C=N–C) groups is 1. The van der Waals surface area contributed by atoms with E-state index in [1.54, 1.807) is 4.57 Å². The number of nitrogens with one attached hydrogen (secondary N) is 2. The second-order valence-electron chi connectivity index (χ2n) is 8.67. The number of nitrogens with zero attached hydrogens (tertiary/aromatic N) is 3. The molecule has 0 unspecified atom stereocenters. The Bertz CT molecular complexity index is 1080. The molecule has 3 aromatic rings. The van der Waals surface area contributed by atoms with Crippen molar-refractivity contribution in [1.82, 2.24) is 19.9 Å². The molecule has 0 saturated heterocycles. The smallest absolute Gasteiger partial charge is 0.354 e. The predicted molar refractivity (Wildman–Crippen MR) is 122 cm³/mol. The molecule has 0 aliphatic carbocycles. The summed E-state index contributed by atoms with van der Waals surface area (Å²) < 4.78 is 1.58. The molecule has 0 fully saturated rings. The van der Waals surface area contributed by atoms with Gasteiger partial charge in [-0.25, -0.2) is 4.79 Å².